The van der Waals surface area contributed by atoms with E-state index in [-0.39, 0.29) is 11.3 Å². The van der Waals surface area contributed by atoms with Gasteiger partial charge in [0.2, 0.25) is 0 Å². The molecule has 1 aromatic carbocycles. The van der Waals surface area contributed by atoms with E-state index in [4.69, 9.17) is 5.11 Å². The van der Waals surface area contributed by atoms with Crippen molar-refractivity contribution in [3.8, 4) is 0 Å². The number of carbonyl (C=O) groups is 1. The Kier molecular flexibility index (Phi) is 3.80. The van der Waals surface area contributed by atoms with Crippen molar-refractivity contribution >= 4 is 26.8 Å². The fraction of sp³-hybridized carbons (Fsp3) is 0.385. The molecule has 7 heteroatoms. The Bertz CT molecular complexity index is 762. The number of fused-ring (bicyclic) bond motifs is 1. The fourth-order valence-electron chi connectivity index (χ4n) is 2.08. The monoisotopic (exact) mass is 296 g/mol. The van der Waals surface area contributed by atoms with Gasteiger partial charge in [0, 0.05) is 26.1 Å². The van der Waals surface area contributed by atoms with Crippen LogP contribution in [0.4, 0.5) is 0 Å². The van der Waals surface area contributed by atoms with Crippen molar-refractivity contribution in [1.82, 2.24) is 9.55 Å². The van der Waals surface area contributed by atoms with Gasteiger partial charge >= 0.3 is 5.97 Å². The molecular weight excluding hydrogens is 280 g/mol. The van der Waals surface area contributed by atoms with E-state index in [0.717, 1.165) is 17.6 Å². The number of hydrogen-bond acceptors (Lipinski definition) is 4. The van der Waals surface area contributed by atoms with Crippen molar-refractivity contribution in [2.75, 3.05) is 6.26 Å². The van der Waals surface area contributed by atoms with Gasteiger partial charge in [0.1, 0.15) is 5.82 Å². The summed E-state index contributed by atoms with van der Waals surface area (Å²) < 4.78 is 24.9. The molecule has 0 saturated heterocycles. The average Bonchev–Trinajstić information content (AvgIpc) is 2.65. The third kappa shape index (κ3) is 2.98. The van der Waals surface area contributed by atoms with Crippen LogP contribution in [0.2, 0.25) is 0 Å². The molecule has 0 aliphatic carbocycles. The predicted octanol–water partition coefficient (Wildman–Crippen LogP) is 1.38. The van der Waals surface area contributed by atoms with Crippen molar-refractivity contribution in [3.63, 3.8) is 0 Å². The van der Waals surface area contributed by atoms with E-state index in [2.05, 4.69) is 4.98 Å². The van der Waals surface area contributed by atoms with E-state index in [1.54, 1.807) is 18.2 Å². The van der Waals surface area contributed by atoms with Crippen LogP contribution in [0.5, 0.6) is 0 Å². The first-order valence-electron chi connectivity index (χ1n) is 6.16. The number of hydrogen-bond donors (Lipinski definition) is 1. The molecular formula is C13H16N2O4S. The predicted molar refractivity (Wildman–Crippen MR) is 74.4 cm³/mol. The SMILES string of the molecule is Cn1c(CCCC(=O)O)nc2cc(S(C)(=O)=O)ccc21. The average molecular weight is 296 g/mol. The van der Waals surface area contributed by atoms with Crippen LogP contribution < -0.4 is 0 Å². The van der Waals surface area contributed by atoms with Gasteiger partial charge < -0.3 is 9.67 Å². The van der Waals surface area contributed by atoms with Gasteiger partial charge in [-0.15, -0.1) is 0 Å². The number of carboxylic acid groups (broad SMARTS) is 1. The molecule has 108 valence electrons. The van der Waals surface area contributed by atoms with Gasteiger partial charge in [0.05, 0.1) is 15.9 Å². The molecule has 1 aromatic heterocycles. The number of aliphatic carboxylic acids is 1. The van der Waals surface area contributed by atoms with Gasteiger partial charge in [0.25, 0.3) is 0 Å². The van der Waals surface area contributed by atoms with E-state index in [0.29, 0.717) is 18.4 Å². The minimum absolute atomic E-state index is 0.0950. The first-order chi connectivity index (χ1) is 9.29. The summed E-state index contributed by atoms with van der Waals surface area (Å²) in [5.41, 5.74) is 1.45. The highest BCUT2D eigenvalue weighted by atomic mass is 32.2. The molecule has 0 unspecified atom stereocenters. The Labute approximate surface area is 117 Å². The molecule has 0 radical (unpaired) electrons. The van der Waals surface area contributed by atoms with E-state index >= 15 is 0 Å². The first kappa shape index (κ1) is 14.5. The van der Waals surface area contributed by atoms with Crippen molar-refractivity contribution in [2.24, 2.45) is 7.05 Å². The smallest absolute Gasteiger partial charge is 0.303 e. The Morgan fingerprint density at radius 1 is 1.40 bits per heavy atom. The summed E-state index contributed by atoms with van der Waals surface area (Å²) in [5.74, 6) is -0.0740. The lowest BCUT2D eigenvalue weighted by atomic mass is 10.2. The molecule has 0 atom stereocenters. The molecule has 6 nitrogen and oxygen atoms in total. The van der Waals surface area contributed by atoms with Gasteiger partial charge in [0.15, 0.2) is 9.84 Å². The normalized spacial score (nSPS) is 11.9. The van der Waals surface area contributed by atoms with Crippen molar-refractivity contribution in [3.05, 3.63) is 24.0 Å². The molecule has 0 bridgehead atoms. The summed E-state index contributed by atoms with van der Waals surface area (Å²) >= 11 is 0. The Balaban J connectivity index is 2.34. The number of sulfone groups is 1. The van der Waals surface area contributed by atoms with E-state index in [1.807, 2.05) is 11.6 Å². The highest BCUT2D eigenvalue weighted by Crippen LogP contribution is 2.20. The lowest BCUT2D eigenvalue weighted by Crippen LogP contribution is -2.01. The third-order valence-corrected chi connectivity index (χ3v) is 4.27. The second kappa shape index (κ2) is 5.24. The molecule has 0 amide bonds. The fourth-order valence-corrected chi connectivity index (χ4v) is 2.72. The molecule has 0 aliphatic rings. The maximum atomic E-state index is 11.5. The molecule has 1 N–H and O–H groups in total. The van der Waals surface area contributed by atoms with Crippen molar-refractivity contribution < 1.29 is 18.3 Å². The summed E-state index contributed by atoms with van der Waals surface area (Å²) in [6, 6.07) is 4.82. The maximum Gasteiger partial charge on any atom is 0.303 e. The van der Waals surface area contributed by atoms with Crippen LogP contribution in [0.15, 0.2) is 23.1 Å². The standard InChI is InChI=1S/C13H16N2O4S/c1-15-11-7-6-9(20(2,18)19)8-10(11)14-12(15)4-3-5-13(16)17/h6-8H,3-5H2,1-2H3,(H,16,17). The second-order valence-electron chi connectivity index (χ2n) is 4.76. The van der Waals surface area contributed by atoms with Gasteiger partial charge in [-0.25, -0.2) is 13.4 Å². The highest BCUT2D eigenvalue weighted by molar-refractivity contribution is 7.90. The maximum absolute atomic E-state index is 11.5. The van der Waals surface area contributed by atoms with Crippen LogP contribution in [0.3, 0.4) is 0 Å². The largest absolute Gasteiger partial charge is 0.481 e. The molecule has 20 heavy (non-hydrogen) atoms. The number of rotatable bonds is 5. The number of benzene rings is 1. The van der Waals surface area contributed by atoms with Crippen LogP contribution in [0, 0.1) is 0 Å². The second-order valence-corrected chi connectivity index (χ2v) is 6.77. The zero-order valence-corrected chi connectivity index (χ0v) is 12.1. The van der Waals surface area contributed by atoms with Crippen LogP contribution in [-0.2, 0) is 28.1 Å². The molecule has 2 rings (SSSR count). The number of aromatic nitrogens is 2. The number of nitrogens with zero attached hydrogens (tertiary/aromatic N) is 2. The van der Waals surface area contributed by atoms with Crippen molar-refractivity contribution in [2.45, 2.75) is 24.2 Å². The van der Waals surface area contributed by atoms with Crippen molar-refractivity contribution in [1.29, 1.82) is 0 Å². The summed E-state index contributed by atoms with van der Waals surface area (Å²) in [6.07, 6.45) is 2.31. The van der Waals surface area contributed by atoms with E-state index in [1.165, 1.54) is 0 Å². The first-order valence-corrected chi connectivity index (χ1v) is 8.05. The summed E-state index contributed by atoms with van der Waals surface area (Å²) in [7, 11) is -1.41. The van der Waals surface area contributed by atoms with Crippen LogP contribution in [0.25, 0.3) is 11.0 Å². The molecule has 1 heterocycles. The minimum atomic E-state index is -3.25. The van der Waals surface area contributed by atoms with Gasteiger partial charge in [-0.2, -0.15) is 0 Å². The third-order valence-electron chi connectivity index (χ3n) is 3.16. The quantitative estimate of drug-likeness (QED) is 0.900. The lowest BCUT2D eigenvalue weighted by molar-refractivity contribution is -0.137. The summed E-state index contributed by atoms with van der Waals surface area (Å²) in [6.45, 7) is 0. The molecule has 2 aromatic rings. The Morgan fingerprint density at radius 3 is 2.70 bits per heavy atom. The topological polar surface area (TPSA) is 89.3 Å². The summed E-state index contributed by atoms with van der Waals surface area (Å²) in [4.78, 5) is 15.1. The van der Waals surface area contributed by atoms with Gasteiger partial charge in [-0.1, -0.05) is 0 Å². The van der Waals surface area contributed by atoms with Crippen LogP contribution in [-0.4, -0.2) is 35.3 Å². The Hall–Kier alpha value is -1.89. The van der Waals surface area contributed by atoms with E-state index in [9.17, 15) is 13.2 Å². The molecule has 0 saturated carbocycles. The Morgan fingerprint density at radius 2 is 2.10 bits per heavy atom. The zero-order valence-electron chi connectivity index (χ0n) is 11.3. The number of carboxylic acids is 1. The molecule has 0 aliphatic heterocycles. The molecule has 0 spiro atoms. The van der Waals surface area contributed by atoms with Crippen LogP contribution in [0.1, 0.15) is 18.7 Å². The number of imidazole rings is 1. The minimum Gasteiger partial charge on any atom is -0.481 e. The van der Waals surface area contributed by atoms with E-state index < -0.39 is 15.8 Å². The van der Waals surface area contributed by atoms with Gasteiger partial charge in [-0.05, 0) is 24.6 Å². The number of aryl methyl sites for hydroxylation is 2. The molecule has 0 fully saturated rings. The van der Waals surface area contributed by atoms with Gasteiger partial charge in [-0.3, -0.25) is 4.79 Å². The highest BCUT2D eigenvalue weighted by Gasteiger charge is 2.12. The zero-order chi connectivity index (χ0) is 14.9. The summed E-state index contributed by atoms with van der Waals surface area (Å²) in [5, 5.41) is 8.63. The lowest BCUT2D eigenvalue weighted by Gasteiger charge is -2.01. The van der Waals surface area contributed by atoms with Crippen LogP contribution >= 0.6 is 0 Å².